The van der Waals surface area contributed by atoms with Gasteiger partial charge < -0.3 is 10.2 Å². The Morgan fingerprint density at radius 2 is 1.94 bits per heavy atom. The fourth-order valence-corrected chi connectivity index (χ4v) is 2.72. The lowest BCUT2D eigenvalue weighted by atomic mass is 9.79. The largest absolute Gasteiger partial charge is 0.465 e. The first-order valence-electron chi connectivity index (χ1n) is 6.14. The Hall–Kier alpha value is -1.55. The monoisotopic (exact) mass is 249 g/mol. The number of nitrogens with zero attached hydrogens (tertiary/aromatic N) is 1. The number of aliphatic hydroxyl groups is 1. The lowest BCUT2D eigenvalue weighted by Gasteiger charge is -2.41. The highest BCUT2D eigenvalue weighted by molar-refractivity contribution is 5.67. The fraction of sp³-hybridized carbons (Fsp3) is 0.500. The van der Waals surface area contributed by atoms with Crippen LogP contribution in [0.1, 0.15) is 25.8 Å². The van der Waals surface area contributed by atoms with Crippen molar-refractivity contribution in [1.82, 2.24) is 4.90 Å². The molecule has 1 aliphatic heterocycles. The van der Waals surface area contributed by atoms with E-state index in [9.17, 15) is 15.0 Å². The maximum absolute atomic E-state index is 11.3. The Labute approximate surface area is 107 Å². The van der Waals surface area contributed by atoms with Gasteiger partial charge in [-0.05, 0) is 32.3 Å². The molecule has 1 aliphatic rings. The Kier molecular flexibility index (Phi) is 3.07. The molecule has 0 unspecified atom stereocenters. The van der Waals surface area contributed by atoms with Crippen LogP contribution in [0.5, 0.6) is 0 Å². The van der Waals surface area contributed by atoms with Crippen LogP contribution in [0, 0.1) is 0 Å². The normalized spacial score (nSPS) is 31.6. The van der Waals surface area contributed by atoms with E-state index in [0.29, 0.717) is 19.4 Å². The highest BCUT2D eigenvalue weighted by atomic mass is 16.4. The number of carboxylic acid groups (broad SMARTS) is 1. The van der Waals surface area contributed by atoms with E-state index in [2.05, 4.69) is 0 Å². The third-order valence-electron chi connectivity index (χ3n) is 4.20. The molecule has 0 saturated carbocycles. The number of hydrogen-bond acceptors (Lipinski definition) is 2. The quantitative estimate of drug-likeness (QED) is 0.844. The maximum Gasteiger partial charge on any atom is 0.407 e. The van der Waals surface area contributed by atoms with Crippen molar-refractivity contribution in [2.45, 2.75) is 37.8 Å². The van der Waals surface area contributed by atoms with Gasteiger partial charge in [-0.1, -0.05) is 30.3 Å². The van der Waals surface area contributed by atoms with Crippen LogP contribution in [-0.4, -0.2) is 38.9 Å². The van der Waals surface area contributed by atoms with Gasteiger partial charge in [0.25, 0.3) is 0 Å². The third kappa shape index (κ3) is 1.97. The predicted molar refractivity (Wildman–Crippen MR) is 68.5 cm³/mol. The minimum absolute atomic E-state index is 0.381. The van der Waals surface area contributed by atoms with Gasteiger partial charge in [-0.3, -0.25) is 4.90 Å². The molecule has 0 aliphatic carbocycles. The van der Waals surface area contributed by atoms with E-state index in [0.717, 1.165) is 5.56 Å². The first-order valence-corrected chi connectivity index (χ1v) is 6.14. The highest BCUT2D eigenvalue weighted by Gasteiger charge is 2.54. The molecular formula is C14H19NO3. The third-order valence-corrected chi connectivity index (χ3v) is 4.20. The van der Waals surface area contributed by atoms with Crippen LogP contribution < -0.4 is 0 Å². The minimum Gasteiger partial charge on any atom is -0.465 e. The van der Waals surface area contributed by atoms with Crippen LogP contribution in [0.3, 0.4) is 0 Å². The fourth-order valence-electron chi connectivity index (χ4n) is 2.72. The second-order valence-corrected chi connectivity index (χ2v) is 5.39. The van der Waals surface area contributed by atoms with Crippen molar-refractivity contribution in [2.75, 3.05) is 6.54 Å². The van der Waals surface area contributed by atoms with Gasteiger partial charge in [0.1, 0.15) is 0 Å². The van der Waals surface area contributed by atoms with Gasteiger partial charge in [0, 0.05) is 6.54 Å². The van der Waals surface area contributed by atoms with Crippen molar-refractivity contribution in [3.05, 3.63) is 35.9 Å². The number of benzene rings is 1. The van der Waals surface area contributed by atoms with Gasteiger partial charge in [0.05, 0.1) is 11.1 Å². The van der Waals surface area contributed by atoms with E-state index < -0.39 is 17.2 Å². The molecule has 0 bridgehead atoms. The maximum atomic E-state index is 11.3. The van der Waals surface area contributed by atoms with Crippen molar-refractivity contribution in [1.29, 1.82) is 0 Å². The van der Waals surface area contributed by atoms with E-state index in [1.807, 2.05) is 37.3 Å². The highest BCUT2D eigenvalue weighted by Crippen LogP contribution is 2.40. The van der Waals surface area contributed by atoms with Gasteiger partial charge in [-0.2, -0.15) is 0 Å². The zero-order chi connectivity index (χ0) is 13.4. The molecule has 4 heteroatoms. The molecule has 1 amide bonds. The van der Waals surface area contributed by atoms with Crippen LogP contribution in [0.4, 0.5) is 4.79 Å². The molecule has 0 radical (unpaired) electrons. The second-order valence-electron chi connectivity index (χ2n) is 5.39. The summed E-state index contributed by atoms with van der Waals surface area (Å²) < 4.78 is 0. The second kappa shape index (κ2) is 4.28. The summed E-state index contributed by atoms with van der Waals surface area (Å²) in [6, 6.07) is 9.69. The molecule has 1 heterocycles. The molecule has 2 rings (SSSR count). The molecule has 1 saturated heterocycles. The summed E-state index contributed by atoms with van der Waals surface area (Å²) in [6.45, 7) is 3.92. The van der Waals surface area contributed by atoms with Crippen molar-refractivity contribution < 1.29 is 15.0 Å². The van der Waals surface area contributed by atoms with Gasteiger partial charge in [0.2, 0.25) is 0 Å². The first-order chi connectivity index (χ1) is 8.37. The molecule has 2 N–H and O–H groups in total. The number of rotatable bonds is 2. The SMILES string of the molecule is C[C@]1(O)CCN(C(=O)O)[C@@]1(C)Cc1ccccc1. The van der Waals surface area contributed by atoms with Gasteiger partial charge in [-0.25, -0.2) is 4.79 Å². The van der Waals surface area contributed by atoms with E-state index in [-0.39, 0.29) is 0 Å². The van der Waals surface area contributed by atoms with Crippen LogP contribution in [0.15, 0.2) is 30.3 Å². The average molecular weight is 249 g/mol. The molecule has 1 aromatic rings. The van der Waals surface area contributed by atoms with Crippen LogP contribution >= 0.6 is 0 Å². The topological polar surface area (TPSA) is 60.8 Å². The molecule has 0 aromatic heterocycles. The zero-order valence-electron chi connectivity index (χ0n) is 10.8. The Balaban J connectivity index is 2.33. The summed E-state index contributed by atoms with van der Waals surface area (Å²) in [6.07, 6.45) is 0.0293. The molecule has 0 spiro atoms. The Bertz CT molecular complexity index is 444. The molecule has 1 aromatic carbocycles. The number of amides is 1. The summed E-state index contributed by atoms with van der Waals surface area (Å²) in [4.78, 5) is 12.7. The summed E-state index contributed by atoms with van der Waals surface area (Å²) >= 11 is 0. The lowest BCUT2D eigenvalue weighted by Crippen LogP contribution is -2.57. The number of carbonyl (C=O) groups is 1. The standard InChI is InChI=1S/C14H19NO3/c1-13(10-11-6-4-3-5-7-11)14(2,18)8-9-15(13)12(16)17/h3-7,18H,8-10H2,1-2H3,(H,16,17)/t13-,14-/m0/s1. The predicted octanol–water partition coefficient (Wildman–Crippen LogP) is 2.12. The number of likely N-dealkylation sites (tertiary alicyclic amines) is 1. The van der Waals surface area contributed by atoms with Gasteiger partial charge in [-0.15, -0.1) is 0 Å². The Morgan fingerprint density at radius 3 is 2.50 bits per heavy atom. The molecule has 2 atom stereocenters. The molecule has 18 heavy (non-hydrogen) atoms. The van der Waals surface area contributed by atoms with Crippen molar-refractivity contribution in [2.24, 2.45) is 0 Å². The van der Waals surface area contributed by atoms with Crippen LogP contribution in [0.2, 0.25) is 0 Å². The summed E-state index contributed by atoms with van der Waals surface area (Å²) in [7, 11) is 0. The molecular weight excluding hydrogens is 230 g/mol. The smallest absolute Gasteiger partial charge is 0.407 e. The van der Waals surface area contributed by atoms with Crippen molar-refractivity contribution in [3.8, 4) is 0 Å². The summed E-state index contributed by atoms with van der Waals surface area (Å²) in [5, 5.41) is 19.8. The molecule has 1 fully saturated rings. The van der Waals surface area contributed by atoms with E-state index >= 15 is 0 Å². The molecule has 98 valence electrons. The van der Waals surface area contributed by atoms with Gasteiger partial charge in [0.15, 0.2) is 0 Å². The number of hydrogen-bond donors (Lipinski definition) is 2. The van der Waals surface area contributed by atoms with Crippen molar-refractivity contribution in [3.63, 3.8) is 0 Å². The van der Waals surface area contributed by atoms with E-state index in [1.54, 1.807) is 6.92 Å². The van der Waals surface area contributed by atoms with Gasteiger partial charge >= 0.3 is 6.09 Å². The van der Waals surface area contributed by atoms with Crippen LogP contribution in [-0.2, 0) is 6.42 Å². The molecule has 4 nitrogen and oxygen atoms in total. The Morgan fingerprint density at radius 1 is 1.33 bits per heavy atom. The van der Waals surface area contributed by atoms with Crippen molar-refractivity contribution >= 4 is 6.09 Å². The van der Waals surface area contributed by atoms with Crippen LogP contribution in [0.25, 0.3) is 0 Å². The zero-order valence-corrected chi connectivity index (χ0v) is 10.8. The van der Waals surface area contributed by atoms with E-state index in [1.165, 1.54) is 4.90 Å². The summed E-state index contributed by atoms with van der Waals surface area (Å²) in [5.74, 6) is 0. The first kappa shape index (κ1) is 12.9. The summed E-state index contributed by atoms with van der Waals surface area (Å²) in [5.41, 5.74) is -0.741. The minimum atomic E-state index is -0.999. The average Bonchev–Trinajstić information content (AvgIpc) is 2.51. The lowest BCUT2D eigenvalue weighted by molar-refractivity contribution is -0.0336. The van der Waals surface area contributed by atoms with E-state index in [4.69, 9.17) is 0 Å².